The number of hydrogen-bond acceptors (Lipinski definition) is 4. The molecule has 0 aliphatic carbocycles. The average Bonchev–Trinajstić information content (AvgIpc) is 2.82. The first-order valence-corrected chi connectivity index (χ1v) is 10.0. The van der Waals surface area contributed by atoms with Crippen LogP contribution in [0.1, 0.15) is 23.6 Å². The lowest BCUT2D eigenvalue weighted by molar-refractivity contribution is -0.126. The first kappa shape index (κ1) is 21.8. The van der Waals surface area contributed by atoms with Crippen molar-refractivity contribution in [3.8, 4) is 5.75 Å². The van der Waals surface area contributed by atoms with Gasteiger partial charge in [-0.05, 0) is 42.3 Å². The number of nitrogens with zero attached hydrogens (tertiary/aromatic N) is 1. The van der Waals surface area contributed by atoms with E-state index in [2.05, 4.69) is 15.6 Å². The number of benzene rings is 2. The van der Waals surface area contributed by atoms with Crippen LogP contribution in [-0.4, -0.2) is 22.8 Å². The molecule has 6 nitrogen and oxygen atoms in total. The summed E-state index contributed by atoms with van der Waals surface area (Å²) in [5.41, 5.74) is 2.85. The second-order valence-corrected chi connectivity index (χ2v) is 6.99. The maximum atomic E-state index is 12.3. The van der Waals surface area contributed by atoms with Gasteiger partial charge in [-0.1, -0.05) is 48.5 Å². The summed E-state index contributed by atoms with van der Waals surface area (Å²) in [5.74, 6) is 0.171. The van der Waals surface area contributed by atoms with Crippen molar-refractivity contribution in [3.63, 3.8) is 0 Å². The van der Waals surface area contributed by atoms with Crippen LogP contribution in [0.4, 0.5) is 0 Å². The molecule has 31 heavy (non-hydrogen) atoms. The Morgan fingerprint density at radius 3 is 2.48 bits per heavy atom. The Labute approximate surface area is 182 Å². The molecule has 0 spiro atoms. The number of hydrogen-bond donors (Lipinski definition) is 2. The zero-order chi connectivity index (χ0) is 21.9. The summed E-state index contributed by atoms with van der Waals surface area (Å²) in [5, 5.41) is 5.49. The molecular formula is C25H25N3O3. The van der Waals surface area contributed by atoms with Crippen molar-refractivity contribution >= 4 is 17.9 Å². The first-order chi connectivity index (χ1) is 15.1. The Morgan fingerprint density at radius 2 is 1.77 bits per heavy atom. The van der Waals surface area contributed by atoms with Crippen LogP contribution >= 0.6 is 0 Å². The van der Waals surface area contributed by atoms with E-state index in [0.29, 0.717) is 13.2 Å². The lowest BCUT2D eigenvalue weighted by Gasteiger charge is -2.13. The smallest absolute Gasteiger partial charge is 0.244 e. The molecule has 3 rings (SSSR count). The van der Waals surface area contributed by atoms with E-state index < -0.39 is 6.04 Å². The molecule has 2 amide bonds. The normalized spacial score (nSPS) is 11.6. The third kappa shape index (κ3) is 7.44. The zero-order valence-corrected chi connectivity index (χ0v) is 17.3. The van der Waals surface area contributed by atoms with Gasteiger partial charge in [0.05, 0.1) is 0 Å². The summed E-state index contributed by atoms with van der Waals surface area (Å²) >= 11 is 0. The number of carbonyl (C=O) groups excluding carboxylic acids is 2. The monoisotopic (exact) mass is 415 g/mol. The van der Waals surface area contributed by atoms with E-state index in [9.17, 15) is 9.59 Å². The van der Waals surface area contributed by atoms with Gasteiger partial charge >= 0.3 is 0 Å². The van der Waals surface area contributed by atoms with Gasteiger partial charge in [0, 0.05) is 30.6 Å². The van der Waals surface area contributed by atoms with E-state index in [0.717, 1.165) is 22.4 Å². The molecule has 0 aliphatic heterocycles. The van der Waals surface area contributed by atoms with E-state index in [1.807, 2.05) is 66.7 Å². The molecule has 2 N–H and O–H groups in total. The van der Waals surface area contributed by atoms with E-state index >= 15 is 0 Å². The van der Waals surface area contributed by atoms with E-state index in [4.69, 9.17) is 4.74 Å². The summed E-state index contributed by atoms with van der Waals surface area (Å²) in [4.78, 5) is 28.3. The highest BCUT2D eigenvalue weighted by Crippen LogP contribution is 2.14. The van der Waals surface area contributed by atoms with Crippen molar-refractivity contribution < 1.29 is 14.3 Å². The predicted octanol–water partition coefficient (Wildman–Crippen LogP) is 3.49. The third-order valence-corrected chi connectivity index (χ3v) is 4.50. The highest BCUT2D eigenvalue weighted by atomic mass is 16.5. The van der Waals surface area contributed by atoms with E-state index in [-0.39, 0.29) is 11.8 Å². The fraction of sp³-hybridized carbons (Fsp3) is 0.160. The van der Waals surface area contributed by atoms with Crippen LogP contribution < -0.4 is 15.4 Å². The fourth-order valence-electron chi connectivity index (χ4n) is 2.76. The van der Waals surface area contributed by atoms with Gasteiger partial charge < -0.3 is 15.4 Å². The van der Waals surface area contributed by atoms with Crippen LogP contribution in [-0.2, 0) is 22.7 Å². The Kier molecular flexibility index (Phi) is 7.94. The molecule has 0 bridgehead atoms. The minimum Gasteiger partial charge on any atom is -0.489 e. The van der Waals surface area contributed by atoms with Crippen molar-refractivity contribution in [1.29, 1.82) is 0 Å². The molecule has 6 heteroatoms. The van der Waals surface area contributed by atoms with Gasteiger partial charge in [0.1, 0.15) is 18.4 Å². The number of pyridine rings is 1. The highest BCUT2D eigenvalue weighted by Gasteiger charge is 2.13. The van der Waals surface area contributed by atoms with Crippen molar-refractivity contribution in [3.05, 3.63) is 102 Å². The summed E-state index contributed by atoms with van der Waals surface area (Å²) < 4.78 is 5.73. The van der Waals surface area contributed by atoms with Gasteiger partial charge in [-0.3, -0.25) is 14.6 Å². The van der Waals surface area contributed by atoms with Gasteiger partial charge in [-0.2, -0.15) is 0 Å². The topological polar surface area (TPSA) is 80.3 Å². The summed E-state index contributed by atoms with van der Waals surface area (Å²) in [6, 6.07) is 20.2. The van der Waals surface area contributed by atoms with E-state index in [1.165, 1.54) is 6.08 Å². The maximum Gasteiger partial charge on any atom is 0.244 e. The molecule has 1 aromatic heterocycles. The molecule has 0 saturated carbocycles. The molecule has 2 aromatic carbocycles. The van der Waals surface area contributed by atoms with Gasteiger partial charge in [-0.25, -0.2) is 0 Å². The fourth-order valence-corrected chi connectivity index (χ4v) is 2.76. The van der Waals surface area contributed by atoms with Gasteiger partial charge in [-0.15, -0.1) is 0 Å². The van der Waals surface area contributed by atoms with Crippen LogP contribution in [0.3, 0.4) is 0 Å². The van der Waals surface area contributed by atoms with Crippen molar-refractivity contribution in [2.24, 2.45) is 0 Å². The number of carbonyl (C=O) groups is 2. The Hall–Kier alpha value is -3.93. The standard InChI is InChI=1S/C25H25N3O3/c1-19(28-24(29)14-11-20-6-3-2-4-7-20)25(30)27-17-21-9-12-23(13-10-21)31-18-22-8-5-15-26-16-22/h2-16,19H,17-18H2,1H3,(H,27,30)(H,28,29)/b14-11+. The number of ether oxygens (including phenoxy) is 1. The van der Waals surface area contributed by atoms with Crippen molar-refractivity contribution in [1.82, 2.24) is 15.6 Å². The van der Waals surface area contributed by atoms with Crippen molar-refractivity contribution in [2.75, 3.05) is 0 Å². The van der Waals surface area contributed by atoms with Crippen LogP contribution in [0.15, 0.2) is 85.2 Å². The Balaban J connectivity index is 1.41. The second kappa shape index (κ2) is 11.3. The SMILES string of the molecule is CC(NC(=O)/C=C/c1ccccc1)C(=O)NCc1ccc(OCc2cccnc2)cc1. The van der Waals surface area contributed by atoms with Crippen molar-refractivity contribution in [2.45, 2.75) is 26.1 Å². The predicted molar refractivity (Wildman–Crippen MR) is 120 cm³/mol. The minimum absolute atomic E-state index is 0.252. The lowest BCUT2D eigenvalue weighted by atomic mass is 10.2. The van der Waals surface area contributed by atoms with Gasteiger partial charge in [0.2, 0.25) is 11.8 Å². The summed E-state index contributed by atoms with van der Waals surface area (Å²) in [6.07, 6.45) is 6.61. The Morgan fingerprint density at radius 1 is 1.00 bits per heavy atom. The molecule has 1 unspecified atom stereocenters. The molecule has 3 aromatic rings. The van der Waals surface area contributed by atoms with Crippen LogP contribution in [0.2, 0.25) is 0 Å². The van der Waals surface area contributed by atoms with Crippen LogP contribution in [0.5, 0.6) is 5.75 Å². The number of aromatic nitrogens is 1. The zero-order valence-electron chi connectivity index (χ0n) is 17.3. The van der Waals surface area contributed by atoms with Gasteiger partial charge in [0.15, 0.2) is 0 Å². The number of rotatable bonds is 9. The molecular weight excluding hydrogens is 390 g/mol. The maximum absolute atomic E-state index is 12.3. The quantitative estimate of drug-likeness (QED) is 0.524. The molecule has 1 atom stereocenters. The molecule has 0 fully saturated rings. The molecule has 0 aliphatic rings. The summed E-state index contributed by atoms with van der Waals surface area (Å²) in [7, 11) is 0. The van der Waals surface area contributed by atoms with Crippen LogP contribution in [0.25, 0.3) is 6.08 Å². The average molecular weight is 415 g/mol. The third-order valence-electron chi connectivity index (χ3n) is 4.50. The molecule has 0 radical (unpaired) electrons. The summed E-state index contributed by atoms with van der Waals surface area (Å²) in [6.45, 7) is 2.46. The number of nitrogens with one attached hydrogen (secondary N) is 2. The molecule has 0 saturated heterocycles. The first-order valence-electron chi connectivity index (χ1n) is 10.0. The Bertz CT molecular complexity index is 1000. The molecule has 1 heterocycles. The number of amides is 2. The largest absolute Gasteiger partial charge is 0.489 e. The minimum atomic E-state index is -0.644. The van der Waals surface area contributed by atoms with Gasteiger partial charge in [0.25, 0.3) is 0 Å². The highest BCUT2D eigenvalue weighted by molar-refractivity contribution is 5.95. The van der Waals surface area contributed by atoms with Crippen LogP contribution in [0, 0.1) is 0 Å². The molecule has 158 valence electrons. The van der Waals surface area contributed by atoms with E-state index in [1.54, 1.807) is 25.4 Å². The lowest BCUT2D eigenvalue weighted by Crippen LogP contribution is -2.44. The second-order valence-electron chi connectivity index (χ2n) is 6.99.